The van der Waals surface area contributed by atoms with Gasteiger partial charge in [-0.3, -0.25) is 4.79 Å². The SMILES string of the molecule is CCCC(C)(NC(=O)c1cc(C)c(F)c(C)c1)C(=O)O. The van der Waals surface area contributed by atoms with E-state index in [1.807, 2.05) is 6.92 Å². The molecule has 0 aromatic heterocycles. The molecule has 0 aliphatic rings. The van der Waals surface area contributed by atoms with E-state index in [9.17, 15) is 19.1 Å². The van der Waals surface area contributed by atoms with Crippen molar-refractivity contribution in [2.24, 2.45) is 0 Å². The molecule has 0 saturated carbocycles. The smallest absolute Gasteiger partial charge is 0.329 e. The average Bonchev–Trinajstić information content (AvgIpc) is 2.35. The van der Waals surface area contributed by atoms with Crippen molar-refractivity contribution in [3.63, 3.8) is 0 Å². The topological polar surface area (TPSA) is 66.4 Å². The van der Waals surface area contributed by atoms with Gasteiger partial charge in [0.15, 0.2) is 0 Å². The van der Waals surface area contributed by atoms with Crippen molar-refractivity contribution in [1.29, 1.82) is 0 Å². The molecule has 5 heteroatoms. The number of rotatable bonds is 5. The minimum Gasteiger partial charge on any atom is -0.480 e. The molecule has 0 saturated heterocycles. The van der Waals surface area contributed by atoms with Gasteiger partial charge < -0.3 is 10.4 Å². The van der Waals surface area contributed by atoms with Crippen molar-refractivity contribution >= 4 is 11.9 Å². The Morgan fingerprint density at radius 2 is 1.80 bits per heavy atom. The van der Waals surface area contributed by atoms with Crippen LogP contribution in [0.3, 0.4) is 0 Å². The van der Waals surface area contributed by atoms with Crippen LogP contribution in [-0.4, -0.2) is 22.5 Å². The summed E-state index contributed by atoms with van der Waals surface area (Å²) in [5, 5.41) is 11.8. The van der Waals surface area contributed by atoms with Crippen molar-refractivity contribution in [3.8, 4) is 0 Å². The molecule has 0 aliphatic heterocycles. The Morgan fingerprint density at radius 1 is 1.30 bits per heavy atom. The van der Waals surface area contributed by atoms with Crippen LogP contribution < -0.4 is 5.32 Å². The highest BCUT2D eigenvalue weighted by atomic mass is 19.1. The van der Waals surface area contributed by atoms with Crippen molar-refractivity contribution < 1.29 is 19.1 Å². The van der Waals surface area contributed by atoms with Crippen LogP contribution in [0.2, 0.25) is 0 Å². The second-order valence-corrected chi connectivity index (χ2v) is 5.27. The number of benzene rings is 1. The van der Waals surface area contributed by atoms with E-state index in [1.165, 1.54) is 19.1 Å². The molecule has 1 aromatic carbocycles. The lowest BCUT2D eigenvalue weighted by molar-refractivity contribution is -0.144. The molecular formula is C15H20FNO3. The molecule has 20 heavy (non-hydrogen) atoms. The minimum absolute atomic E-state index is 0.268. The Bertz CT molecular complexity index is 519. The van der Waals surface area contributed by atoms with E-state index in [0.717, 1.165) is 0 Å². The number of hydrogen-bond acceptors (Lipinski definition) is 2. The number of nitrogens with one attached hydrogen (secondary N) is 1. The fourth-order valence-electron chi connectivity index (χ4n) is 2.12. The summed E-state index contributed by atoms with van der Waals surface area (Å²) in [6, 6.07) is 2.85. The van der Waals surface area contributed by atoms with E-state index in [4.69, 9.17) is 0 Å². The van der Waals surface area contributed by atoms with Crippen LogP contribution in [0.5, 0.6) is 0 Å². The van der Waals surface area contributed by atoms with Gasteiger partial charge in [-0.15, -0.1) is 0 Å². The molecule has 1 unspecified atom stereocenters. The highest BCUT2D eigenvalue weighted by Gasteiger charge is 2.34. The van der Waals surface area contributed by atoms with Gasteiger partial charge in [-0.05, 0) is 50.5 Å². The summed E-state index contributed by atoms with van der Waals surface area (Å²) >= 11 is 0. The first-order valence-electron chi connectivity index (χ1n) is 6.54. The third-order valence-corrected chi connectivity index (χ3v) is 3.31. The van der Waals surface area contributed by atoms with Crippen LogP contribution in [-0.2, 0) is 4.79 Å². The molecule has 4 nitrogen and oxygen atoms in total. The Hall–Kier alpha value is -1.91. The lowest BCUT2D eigenvalue weighted by Crippen LogP contribution is -2.52. The van der Waals surface area contributed by atoms with Gasteiger partial charge >= 0.3 is 5.97 Å². The van der Waals surface area contributed by atoms with Gasteiger partial charge in [0, 0.05) is 5.56 Å². The summed E-state index contributed by atoms with van der Waals surface area (Å²) in [7, 11) is 0. The summed E-state index contributed by atoms with van der Waals surface area (Å²) in [4.78, 5) is 23.4. The van der Waals surface area contributed by atoms with E-state index in [1.54, 1.807) is 13.8 Å². The normalized spacial score (nSPS) is 13.7. The first-order chi connectivity index (χ1) is 9.21. The number of carbonyl (C=O) groups excluding carboxylic acids is 1. The molecule has 2 N–H and O–H groups in total. The van der Waals surface area contributed by atoms with Gasteiger partial charge in [0.2, 0.25) is 0 Å². The van der Waals surface area contributed by atoms with Gasteiger partial charge in [0.1, 0.15) is 11.4 Å². The minimum atomic E-state index is -1.32. The number of carboxylic acids is 1. The molecule has 0 radical (unpaired) electrons. The van der Waals surface area contributed by atoms with Crippen LogP contribution in [0.25, 0.3) is 0 Å². The lowest BCUT2D eigenvalue weighted by atomic mass is 9.95. The largest absolute Gasteiger partial charge is 0.480 e. The summed E-state index contributed by atoms with van der Waals surface area (Å²) in [5.74, 6) is -1.94. The Morgan fingerprint density at radius 3 is 2.20 bits per heavy atom. The van der Waals surface area contributed by atoms with E-state index in [-0.39, 0.29) is 11.4 Å². The first kappa shape index (κ1) is 16.1. The number of aryl methyl sites for hydroxylation is 2. The summed E-state index contributed by atoms with van der Waals surface area (Å²) in [6.07, 6.45) is 0.956. The zero-order valence-corrected chi connectivity index (χ0v) is 12.2. The zero-order valence-electron chi connectivity index (χ0n) is 12.2. The fraction of sp³-hybridized carbons (Fsp3) is 0.467. The van der Waals surface area contributed by atoms with Crippen LogP contribution in [0.15, 0.2) is 12.1 Å². The molecular weight excluding hydrogens is 261 g/mol. The Labute approximate surface area is 118 Å². The van der Waals surface area contributed by atoms with E-state index in [2.05, 4.69) is 5.32 Å². The molecule has 0 heterocycles. The molecule has 0 fully saturated rings. The third kappa shape index (κ3) is 3.35. The van der Waals surface area contributed by atoms with Gasteiger partial charge in [-0.1, -0.05) is 13.3 Å². The van der Waals surface area contributed by atoms with Crippen LogP contribution in [0, 0.1) is 19.7 Å². The molecule has 1 amide bonds. The van der Waals surface area contributed by atoms with Gasteiger partial charge in [-0.2, -0.15) is 0 Å². The molecule has 0 spiro atoms. The van der Waals surface area contributed by atoms with Crippen molar-refractivity contribution in [2.75, 3.05) is 0 Å². The highest BCUT2D eigenvalue weighted by Crippen LogP contribution is 2.17. The number of carboxylic acid groups (broad SMARTS) is 1. The number of hydrogen-bond donors (Lipinski definition) is 2. The molecule has 1 rings (SSSR count). The fourth-order valence-corrected chi connectivity index (χ4v) is 2.12. The first-order valence-corrected chi connectivity index (χ1v) is 6.54. The number of aliphatic carboxylic acids is 1. The predicted octanol–water partition coefficient (Wildman–Crippen LogP) is 2.82. The quantitative estimate of drug-likeness (QED) is 0.872. The van der Waals surface area contributed by atoms with E-state index in [0.29, 0.717) is 24.0 Å². The maximum absolute atomic E-state index is 13.5. The highest BCUT2D eigenvalue weighted by molar-refractivity contribution is 5.98. The van der Waals surface area contributed by atoms with Gasteiger partial charge in [0.05, 0.1) is 0 Å². The number of amides is 1. The summed E-state index contributed by atoms with van der Waals surface area (Å²) < 4.78 is 13.5. The second kappa shape index (κ2) is 6.03. The summed E-state index contributed by atoms with van der Waals surface area (Å²) in [6.45, 7) is 6.46. The van der Waals surface area contributed by atoms with Crippen LogP contribution in [0.1, 0.15) is 48.2 Å². The third-order valence-electron chi connectivity index (χ3n) is 3.31. The number of halogens is 1. The van der Waals surface area contributed by atoms with E-state index < -0.39 is 17.4 Å². The zero-order chi connectivity index (χ0) is 15.5. The van der Waals surface area contributed by atoms with Crippen molar-refractivity contribution in [2.45, 2.75) is 46.1 Å². The predicted molar refractivity (Wildman–Crippen MR) is 74.3 cm³/mol. The molecule has 0 bridgehead atoms. The molecule has 1 atom stereocenters. The maximum Gasteiger partial charge on any atom is 0.329 e. The van der Waals surface area contributed by atoms with Crippen LogP contribution in [0.4, 0.5) is 4.39 Å². The Kier molecular flexibility index (Phi) is 4.87. The molecule has 110 valence electrons. The second-order valence-electron chi connectivity index (χ2n) is 5.27. The maximum atomic E-state index is 13.5. The lowest BCUT2D eigenvalue weighted by Gasteiger charge is -2.26. The monoisotopic (exact) mass is 281 g/mol. The van der Waals surface area contributed by atoms with Crippen LogP contribution >= 0.6 is 0 Å². The standard InChI is InChI=1S/C15H20FNO3/c1-5-6-15(4,14(19)20)17-13(18)11-7-9(2)12(16)10(3)8-11/h7-8H,5-6H2,1-4H3,(H,17,18)(H,19,20). The van der Waals surface area contributed by atoms with Crippen molar-refractivity contribution in [3.05, 3.63) is 34.6 Å². The number of carbonyl (C=O) groups is 2. The van der Waals surface area contributed by atoms with E-state index >= 15 is 0 Å². The molecule has 1 aromatic rings. The Balaban J connectivity index is 3.04. The van der Waals surface area contributed by atoms with Gasteiger partial charge in [0.25, 0.3) is 5.91 Å². The summed E-state index contributed by atoms with van der Waals surface area (Å²) in [5.41, 5.74) is -0.322. The molecule has 0 aliphatic carbocycles. The average molecular weight is 281 g/mol. The van der Waals surface area contributed by atoms with Crippen molar-refractivity contribution in [1.82, 2.24) is 5.32 Å². The van der Waals surface area contributed by atoms with Gasteiger partial charge in [-0.25, -0.2) is 9.18 Å².